The van der Waals surface area contributed by atoms with Gasteiger partial charge >= 0.3 is 11.9 Å². The van der Waals surface area contributed by atoms with Gasteiger partial charge in [-0.3, -0.25) is 18.8 Å². The van der Waals surface area contributed by atoms with E-state index in [2.05, 4.69) is 4.90 Å². The molecule has 0 radical (unpaired) electrons. The van der Waals surface area contributed by atoms with Crippen molar-refractivity contribution in [2.45, 2.75) is 39.0 Å². The number of aryl methyl sites for hydroxylation is 1. The number of rotatable bonds is 10. The number of para-hydroxylation sites is 2. The molecule has 0 amide bonds. The Bertz CT molecular complexity index is 1310. The number of alkyl halides is 3. The largest absolute Gasteiger partial charge is 0.482 e. The van der Waals surface area contributed by atoms with E-state index in [1.807, 2.05) is 42.2 Å². The molecule has 1 aromatic heterocycles. The van der Waals surface area contributed by atoms with E-state index in [0.29, 0.717) is 56.8 Å². The third kappa shape index (κ3) is 7.06. The fourth-order valence-electron chi connectivity index (χ4n) is 4.71. The molecule has 0 atom stereocenters. The van der Waals surface area contributed by atoms with Crippen LogP contribution in [0.4, 0.5) is 18.9 Å². The van der Waals surface area contributed by atoms with E-state index in [4.69, 9.17) is 4.74 Å². The van der Waals surface area contributed by atoms with Crippen molar-refractivity contribution in [2.24, 2.45) is 0 Å². The zero-order valence-corrected chi connectivity index (χ0v) is 21.5. The maximum absolute atomic E-state index is 13.1. The van der Waals surface area contributed by atoms with Crippen molar-refractivity contribution in [1.29, 1.82) is 0 Å². The summed E-state index contributed by atoms with van der Waals surface area (Å²) in [5.74, 6) is 0.222. The molecule has 0 N–H and O–H groups in total. The van der Waals surface area contributed by atoms with Crippen LogP contribution in [-0.2, 0) is 19.5 Å². The predicted octanol–water partition coefficient (Wildman–Crippen LogP) is 3.77. The maximum Gasteiger partial charge on any atom is 0.422 e. The SMILES string of the molecule is CCc1cn(Cc2ccccc2)c(=O)n(CCCN2CCN(c3ccccc3OCC(F)(F)F)CC2)c1=O. The molecule has 0 spiro atoms. The van der Waals surface area contributed by atoms with Gasteiger partial charge in [-0.2, -0.15) is 13.2 Å². The van der Waals surface area contributed by atoms with Gasteiger partial charge in [0.25, 0.3) is 5.56 Å². The Morgan fingerprint density at radius 2 is 1.58 bits per heavy atom. The second-order valence-electron chi connectivity index (χ2n) is 9.41. The third-order valence-electron chi connectivity index (χ3n) is 6.71. The van der Waals surface area contributed by atoms with E-state index in [9.17, 15) is 22.8 Å². The van der Waals surface area contributed by atoms with Crippen molar-refractivity contribution in [1.82, 2.24) is 14.0 Å². The molecular weight excluding hydrogens is 497 g/mol. The summed E-state index contributed by atoms with van der Waals surface area (Å²) < 4.78 is 45.9. The summed E-state index contributed by atoms with van der Waals surface area (Å²) in [5, 5.41) is 0. The lowest BCUT2D eigenvalue weighted by atomic mass is 10.2. The Morgan fingerprint density at radius 1 is 0.895 bits per heavy atom. The van der Waals surface area contributed by atoms with Crippen molar-refractivity contribution >= 4 is 5.69 Å². The number of nitrogens with zero attached hydrogens (tertiary/aromatic N) is 4. The number of piperazine rings is 1. The summed E-state index contributed by atoms with van der Waals surface area (Å²) in [7, 11) is 0. The molecular formula is C28H33F3N4O3. The number of halogens is 3. The summed E-state index contributed by atoms with van der Waals surface area (Å²) in [6.45, 7) is 4.74. The van der Waals surface area contributed by atoms with Gasteiger partial charge < -0.3 is 9.64 Å². The number of hydrogen-bond acceptors (Lipinski definition) is 5. The summed E-state index contributed by atoms with van der Waals surface area (Å²) in [6, 6.07) is 16.4. The normalized spacial score (nSPS) is 14.6. The van der Waals surface area contributed by atoms with Gasteiger partial charge in [-0.05, 0) is 37.1 Å². The van der Waals surface area contributed by atoms with E-state index in [1.165, 1.54) is 4.57 Å². The summed E-state index contributed by atoms with van der Waals surface area (Å²) in [6.07, 6.45) is -1.54. The lowest BCUT2D eigenvalue weighted by Crippen LogP contribution is -2.47. The predicted molar refractivity (Wildman–Crippen MR) is 141 cm³/mol. The van der Waals surface area contributed by atoms with Crippen LogP contribution in [0.1, 0.15) is 24.5 Å². The Hall–Kier alpha value is -3.53. The van der Waals surface area contributed by atoms with Gasteiger partial charge in [-0.1, -0.05) is 49.4 Å². The van der Waals surface area contributed by atoms with Gasteiger partial charge in [-0.15, -0.1) is 0 Å². The highest BCUT2D eigenvalue weighted by Gasteiger charge is 2.29. The molecule has 10 heteroatoms. The van der Waals surface area contributed by atoms with Crippen LogP contribution in [0, 0.1) is 0 Å². The van der Waals surface area contributed by atoms with Crippen LogP contribution in [0.2, 0.25) is 0 Å². The minimum Gasteiger partial charge on any atom is -0.482 e. The highest BCUT2D eigenvalue weighted by molar-refractivity contribution is 5.58. The van der Waals surface area contributed by atoms with Crippen molar-refractivity contribution < 1.29 is 17.9 Å². The Labute approximate surface area is 219 Å². The first-order valence-corrected chi connectivity index (χ1v) is 12.9. The third-order valence-corrected chi connectivity index (χ3v) is 6.71. The van der Waals surface area contributed by atoms with Gasteiger partial charge in [0.15, 0.2) is 6.61 Å². The monoisotopic (exact) mass is 530 g/mol. The summed E-state index contributed by atoms with van der Waals surface area (Å²) in [5.41, 5.74) is 1.71. The fraction of sp³-hybridized carbons (Fsp3) is 0.429. The van der Waals surface area contributed by atoms with Gasteiger partial charge in [0, 0.05) is 44.5 Å². The van der Waals surface area contributed by atoms with Crippen LogP contribution in [0.15, 0.2) is 70.4 Å². The molecule has 204 valence electrons. The zero-order chi connectivity index (χ0) is 27.1. The topological polar surface area (TPSA) is 59.7 Å². The first-order valence-electron chi connectivity index (χ1n) is 12.9. The van der Waals surface area contributed by atoms with Gasteiger partial charge in [0.05, 0.1) is 12.2 Å². The van der Waals surface area contributed by atoms with Crippen molar-refractivity contribution in [3.63, 3.8) is 0 Å². The summed E-state index contributed by atoms with van der Waals surface area (Å²) in [4.78, 5) is 30.3. The average Bonchev–Trinajstić information content (AvgIpc) is 2.91. The molecule has 7 nitrogen and oxygen atoms in total. The van der Waals surface area contributed by atoms with Crippen LogP contribution >= 0.6 is 0 Å². The average molecular weight is 531 g/mol. The van der Waals surface area contributed by atoms with Gasteiger partial charge in [0.2, 0.25) is 0 Å². The van der Waals surface area contributed by atoms with Crippen LogP contribution < -0.4 is 20.9 Å². The summed E-state index contributed by atoms with van der Waals surface area (Å²) >= 11 is 0. The second-order valence-corrected chi connectivity index (χ2v) is 9.41. The molecule has 1 saturated heterocycles. The molecule has 1 aliphatic heterocycles. The Kier molecular flexibility index (Phi) is 8.93. The zero-order valence-electron chi connectivity index (χ0n) is 21.5. The molecule has 1 fully saturated rings. The first kappa shape index (κ1) is 27.5. The Balaban J connectivity index is 1.35. The van der Waals surface area contributed by atoms with Crippen LogP contribution in [0.3, 0.4) is 0 Å². The van der Waals surface area contributed by atoms with Crippen molar-refractivity contribution in [2.75, 3.05) is 44.2 Å². The lowest BCUT2D eigenvalue weighted by molar-refractivity contribution is -0.153. The van der Waals surface area contributed by atoms with E-state index in [0.717, 1.165) is 18.7 Å². The minimum absolute atomic E-state index is 0.222. The minimum atomic E-state index is -4.39. The smallest absolute Gasteiger partial charge is 0.422 e. The van der Waals surface area contributed by atoms with Crippen LogP contribution in [-0.4, -0.2) is 59.5 Å². The standard InChI is InChI=1S/C28H33F3N4O3/c1-2-23-20-34(19-22-9-4-3-5-10-22)27(37)35(26(23)36)14-8-13-32-15-17-33(18-16-32)24-11-6-7-12-25(24)38-21-28(29,30)31/h3-7,9-12,20H,2,8,13-19,21H2,1H3. The van der Waals surface area contributed by atoms with Crippen molar-refractivity contribution in [3.8, 4) is 5.75 Å². The number of aromatic nitrogens is 2. The molecule has 2 aromatic carbocycles. The van der Waals surface area contributed by atoms with E-state index >= 15 is 0 Å². The van der Waals surface area contributed by atoms with E-state index in [-0.39, 0.29) is 17.0 Å². The molecule has 0 aliphatic carbocycles. The van der Waals surface area contributed by atoms with Crippen LogP contribution in [0.25, 0.3) is 0 Å². The number of hydrogen-bond donors (Lipinski definition) is 0. The molecule has 4 rings (SSSR count). The van der Waals surface area contributed by atoms with E-state index in [1.54, 1.807) is 35.0 Å². The first-order chi connectivity index (χ1) is 18.2. The highest BCUT2D eigenvalue weighted by Crippen LogP contribution is 2.30. The molecule has 38 heavy (non-hydrogen) atoms. The molecule has 3 aromatic rings. The van der Waals surface area contributed by atoms with Crippen LogP contribution in [0.5, 0.6) is 5.75 Å². The quantitative estimate of drug-likeness (QED) is 0.400. The van der Waals surface area contributed by atoms with Gasteiger partial charge in [-0.25, -0.2) is 4.79 Å². The molecule has 2 heterocycles. The van der Waals surface area contributed by atoms with Gasteiger partial charge in [0.1, 0.15) is 5.75 Å². The maximum atomic E-state index is 13.1. The van der Waals surface area contributed by atoms with E-state index < -0.39 is 12.8 Å². The fourth-order valence-corrected chi connectivity index (χ4v) is 4.71. The second kappa shape index (κ2) is 12.3. The number of ether oxygens (including phenoxy) is 1. The lowest BCUT2D eigenvalue weighted by Gasteiger charge is -2.36. The highest BCUT2D eigenvalue weighted by atomic mass is 19.4. The molecule has 1 aliphatic rings. The van der Waals surface area contributed by atoms with Crippen molar-refractivity contribution in [3.05, 3.63) is 92.8 Å². The molecule has 0 unspecified atom stereocenters. The molecule has 0 saturated carbocycles. The molecule has 0 bridgehead atoms. The number of benzene rings is 2. The Morgan fingerprint density at radius 3 is 2.26 bits per heavy atom. The number of anilines is 1.